The predicted molar refractivity (Wildman–Crippen MR) is 143 cm³/mol. The molecule has 0 bridgehead atoms. The van der Waals surface area contributed by atoms with Gasteiger partial charge < -0.3 is 14.8 Å². The van der Waals surface area contributed by atoms with Gasteiger partial charge in [-0.1, -0.05) is 6.07 Å². The SMILES string of the molecule is CCOC(=O)CC(Cc1csc(CCCc2ccc3c(n2)NCCC3)n1)c1cnc(COC)s1.Cl. The Bertz CT molecular complexity index is 1090. The van der Waals surface area contributed by atoms with E-state index in [1.165, 1.54) is 12.0 Å². The van der Waals surface area contributed by atoms with Crippen molar-refractivity contribution in [2.45, 2.75) is 64.4 Å². The molecule has 1 aliphatic heterocycles. The summed E-state index contributed by atoms with van der Waals surface area (Å²) in [6, 6.07) is 4.37. The number of hydrogen-bond acceptors (Lipinski definition) is 9. The second-order valence-corrected chi connectivity index (χ2v) is 10.5. The van der Waals surface area contributed by atoms with Gasteiger partial charge in [-0.05, 0) is 57.1 Å². The summed E-state index contributed by atoms with van der Waals surface area (Å²) in [5.41, 5.74) is 3.48. The number of hydrogen-bond donors (Lipinski definition) is 1. The monoisotopic (exact) mass is 536 g/mol. The molecule has 1 aliphatic rings. The molecule has 1 atom stereocenters. The van der Waals surface area contributed by atoms with Gasteiger partial charge in [-0.2, -0.15) is 0 Å². The van der Waals surface area contributed by atoms with Crippen LogP contribution in [0.5, 0.6) is 0 Å². The van der Waals surface area contributed by atoms with Crippen LogP contribution in [0.25, 0.3) is 0 Å². The molecule has 0 radical (unpaired) electrons. The maximum atomic E-state index is 12.2. The van der Waals surface area contributed by atoms with Gasteiger partial charge in [0.1, 0.15) is 10.8 Å². The summed E-state index contributed by atoms with van der Waals surface area (Å²) in [6.45, 7) is 3.71. The van der Waals surface area contributed by atoms with Crippen molar-refractivity contribution in [1.29, 1.82) is 0 Å². The first-order valence-electron chi connectivity index (χ1n) is 11.9. The van der Waals surface area contributed by atoms with Crippen LogP contribution in [0, 0.1) is 0 Å². The highest BCUT2D eigenvalue weighted by molar-refractivity contribution is 7.11. The first-order valence-corrected chi connectivity index (χ1v) is 13.6. The summed E-state index contributed by atoms with van der Waals surface area (Å²) in [6.07, 6.45) is 8.06. The lowest BCUT2D eigenvalue weighted by Gasteiger charge is -2.17. The number of ether oxygens (including phenoxy) is 2. The predicted octanol–water partition coefficient (Wildman–Crippen LogP) is 5.38. The molecular weight excluding hydrogens is 504 g/mol. The highest BCUT2D eigenvalue weighted by Gasteiger charge is 2.22. The minimum absolute atomic E-state index is 0. The van der Waals surface area contributed by atoms with Crippen molar-refractivity contribution in [2.24, 2.45) is 0 Å². The van der Waals surface area contributed by atoms with Crippen molar-refractivity contribution in [3.8, 4) is 0 Å². The molecule has 0 spiro atoms. The number of methoxy groups -OCH3 is 1. The van der Waals surface area contributed by atoms with Gasteiger partial charge in [0.15, 0.2) is 0 Å². The zero-order chi connectivity index (χ0) is 23.8. The fourth-order valence-electron chi connectivity index (χ4n) is 4.14. The average Bonchev–Trinajstić information content (AvgIpc) is 3.49. The molecule has 1 N–H and O–H groups in total. The maximum Gasteiger partial charge on any atom is 0.306 e. The standard InChI is InChI=1S/C25H32N4O3S2.ClH/c1-3-32-24(30)13-18(21-14-27-23(34-21)15-31-2)12-20-16-33-22(28-20)8-4-7-19-10-9-17-6-5-11-26-25(17)29-19;/h9-10,14,16,18H,3-8,11-13,15H2,1-2H3,(H,26,29);1H. The van der Waals surface area contributed by atoms with Gasteiger partial charge in [0, 0.05) is 41.7 Å². The second kappa shape index (κ2) is 13.9. The number of thiazole rings is 2. The van der Waals surface area contributed by atoms with E-state index in [1.54, 1.807) is 29.8 Å². The van der Waals surface area contributed by atoms with Crippen LogP contribution in [0.4, 0.5) is 5.82 Å². The molecule has 4 heterocycles. The highest BCUT2D eigenvalue weighted by Crippen LogP contribution is 2.30. The lowest BCUT2D eigenvalue weighted by molar-refractivity contribution is -0.143. The van der Waals surface area contributed by atoms with Crippen LogP contribution < -0.4 is 5.32 Å². The molecule has 10 heteroatoms. The largest absolute Gasteiger partial charge is 0.466 e. The normalized spacial score (nSPS) is 13.4. The average molecular weight is 537 g/mol. The molecule has 0 amide bonds. The topological polar surface area (TPSA) is 86.2 Å². The number of pyridine rings is 1. The molecule has 4 rings (SSSR count). The zero-order valence-electron chi connectivity index (χ0n) is 20.2. The van der Waals surface area contributed by atoms with Gasteiger partial charge in [-0.15, -0.1) is 35.1 Å². The van der Waals surface area contributed by atoms with Crippen LogP contribution in [-0.2, 0) is 46.6 Å². The Morgan fingerprint density at radius 3 is 2.91 bits per heavy atom. The third-order valence-electron chi connectivity index (χ3n) is 5.79. The van der Waals surface area contributed by atoms with E-state index in [1.807, 2.05) is 13.1 Å². The number of aromatic nitrogens is 3. The Morgan fingerprint density at radius 1 is 1.20 bits per heavy atom. The molecule has 7 nitrogen and oxygen atoms in total. The van der Waals surface area contributed by atoms with Crippen LogP contribution in [0.15, 0.2) is 23.7 Å². The van der Waals surface area contributed by atoms with E-state index in [2.05, 4.69) is 27.8 Å². The summed E-state index contributed by atoms with van der Waals surface area (Å²) < 4.78 is 10.4. The molecular formula is C25H33ClN4O3S2. The summed E-state index contributed by atoms with van der Waals surface area (Å²) in [7, 11) is 1.66. The fourth-order valence-corrected chi connectivity index (χ4v) is 5.98. The van der Waals surface area contributed by atoms with Crippen LogP contribution in [0.2, 0.25) is 0 Å². The van der Waals surface area contributed by atoms with Gasteiger partial charge in [0.2, 0.25) is 0 Å². The van der Waals surface area contributed by atoms with E-state index in [-0.39, 0.29) is 24.3 Å². The van der Waals surface area contributed by atoms with E-state index < -0.39 is 0 Å². The van der Waals surface area contributed by atoms with Crippen molar-refractivity contribution in [2.75, 3.05) is 25.6 Å². The summed E-state index contributed by atoms with van der Waals surface area (Å²) in [5.74, 6) is 0.880. The number of nitrogens with one attached hydrogen (secondary N) is 1. The van der Waals surface area contributed by atoms with Crippen LogP contribution in [-0.4, -0.2) is 41.2 Å². The minimum Gasteiger partial charge on any atom is -0.466 e. The number of carbonyl (C=O) groups is 1. The van der Waals surface area contributed by atoms with Crippen molar-refractivity contribution in [1.82, 2.24) is 15.0 Å². The Hall–Kier alpha value is -2.07. The highest BCUT2D eigenvalue weighted by atomic mass is 35.5. The van der Waals surface area contributed by atoms with Gasteiger partial charge in [-0.25, -0.2) is 15.0 Å². The lowest BCUT2D eigenvalue weighted by Crippen LogP contribution is -2.14. The molecule has 0 fully saturated rings. The summed E-state index contributed by atoms with van der Waals surface area (Å²) in [5, 5.41) is 7.57. The van der Waals surface area contributed by atoms with Crippen molar-refractivity contribution in [3.05, 3.63) is 55.6 Å². The van der Waals surface area contributed by atoms with Gasteiger partial charge in [-0.3, -0.25) is 4.79 Å². The van der Waals surface area contributed by atoms with Gasteiger partial charge in [0.05, 0.1) is 30.3 Å². The molecule has 0 saturated carbocycles. The Labute approximate surface area is 221 Å². The number of anilines is 1. The number of halogens is 1. The molecule has 190 valence electrons. The molecule has 1 unspecified atom stereocenters. The van der Waals surface area contributed by atoms with E-state index in [0.717, 1.165) is 64.3 Å². The van der Waals surface area contributed by atoms with Crippen LogP contribution in [0.3, 0.4) is 0 Å². The van der Waals surface area contributed by atoms with E-state index in [0.29, 0.717) is 26.1 Å². The van der Waals surface area contributed by atoms with Crippen LogP contribution >= 0.6 is 35.1 Å². The third kappa shape index (κ3) is 7.96. The van der Waals surface area contributed by atoms with E-state index in [9.17, 15) is 4.79 Å². The zero-order valence-corrected chi connectivity index (χ0v) is 22.7. The molecule has 0 aliphatic carbocycles. The molecule has 3 aromatic heterocycles. The van der Waals surface area contributed by atoms with E-state index >= 15 is 0 Å². The van der Waals surface area contributed by atoms with Crippen molar-refractivity contribution >= 4 is 46.9 Å². The van der Waals surface area contributed by atoms with Crippen molar-refractivity contribution in [3.63, 3.8) is 0 Å². The number of fused-ring (bicyclic) bond motifs is 1. The Kier molecular flexibility index (Phi) is 10.9. The first kappa shape index (κ1) is 27.5. The smallest absolute Gasteiger partial charge is 0.306 e. The molecule has 35 heavy (non-hydrogen) atoms. The summed E-state index contributed by atoms with van der Waals surface area (Å²) >= 11 is 3.29. The Morgan fingerprint density at radius 2 is 2.09 bits per heavy atom. The number of rotatable bonds is 12. The van der Waals surface area contributed by atoms with E-state index in [4.69, 9.17) is 19.4 Å². The number of aryl methyl sites for hydroxylation is 3. The quantitative estimate of drug-likeness (QED) is 0.311. The van der Waals surface area contributed by atoms with Gasteiger partial charge in [0.25, 0.3) is 0 Å². The molecule has 0 saturated heterocycles. The first-order chi connectivity index (χ1) is 16.6. The second-order valence-electron chi connectivity index (χ2n) is 8.43. The van der Waals surface area contributed by atoms with Crippen LogP contribution in [0.1, 0.15) is 63.9 Å². The number of carbonyl (C=O) groups excluding carboxylic acids is 1. The van der Waals surface area contributed by atoms with Gasteiger partial charge >= 0.3 is 5.97 Å². The van der Waals surface area contributed by atoms with Crippen molar-refractivity contribution < 1.29 is 14.3 Å². The summed E-state index contributed by atoms with van der Waals surface area (Å²) in [4.78, 5) is 27.4. The minimum atomic E-state index is -0.184. The Balaban J connectivity index is 0.00000342. The maximum absolute atomic E-state index is 12.2. The number of esters is 1. The third-order valence-corrected chi connectivity index (χ3v) is 7.88. The number of nitrogens with zero attached hydrogens (tertiary/aromatic N) is 3. The molecule has 3 aromatic rings. The fraction of sp³-hybridized carbons (Fsp3) is 0.520. The molecule has 0 aromatic carbocycles. The lowest BCUT2D eigenvalue weighted by atomic mass is 9.98.